The van der Waals surface area contributed by atoms with Crippen molar-refractivity contribution in [1.29, 1.82) is 0 Å². The molecule has 19 heavy (non-hydrogen) atoms. The van der Waals surface area contributed by atoms with Gasteiger partial charge in [0.15, 0.2) is 0 Å². The molecule has 1 saturated heterocycles. The van der Waals surface area contributed by atoms with Crippen LogP contribution in [0.1, 0.15) is 48.8 Å². The molecule has 1 fully saturated rings. The van der Waals surface area contributed by atoms with E-state index in [1.54, 1.807) is 0 Å². The van der Waals surface area contributed by atoms with Crippen molar-refractivity contribution < 1.29 is 14.6 Å². The van der Waals surface area contributed by atoms with E-state index in [1.807, 2.05) is 0 Å². The predicted molar refractivity (Wildman–Crippen MR) is 72.2 cm³/mol. The van der Waals surface area contributed by atoms with Crippen molar-refractivity contribution in [1.82, 2.24) is 0 Å². The van der Waals surface area contributed by atoms with Crippen molar-refractivity contribution >= 4 is 5.97 Å². The Kier molecular flexibility index (Phi) is 3.31. The molecule has 1 aromatic carbocycles. The topological polar surface area (TPSA) is 46.5 Å². The molecule has 0 bridgehead atoms. The Morgan fingerprint density at radius 1 is 1.26 bits per heavy atom. The molecule has 3 heteroatoms. The van der Waals surface area contributed by atoms with Crippen LogP contribution in [0.5, 0.6) is 0 Å². The zero-order valence-electron chi connectivity index (χ0n) is 11.2. The number of benzene rings is 1. The second-order valence-corrected chi connectivity index (χ2v) is 5.68. The van der Waals surface area contributed by atoms with Gasteiger partial charge < -0.3 is 9.84 Å². The Hall–Kier alpha value is -1.35. The fraction of sp³-hybridized carbons (Fsp3) is 0.562. The van der Waals surface area contributed by atoms with E-state index in [4.69, 9.17) is 9.84 Å². The normalized spacial score (nSPS) is 25.5. The third kappa shape index (κ3) is 2.39. The van der Waals surface area contributed by atoms with Crippen LogP contribution in [-0.4, -0.2) is 17.7 Å². The molecule has 1 aromatic rings. The van der Waals surface area contributed by atoms with E-state index in [1.165, 1.54) is 36.0 Å². The lowest BCUT2D eigenvalue weighted by Gasteiger charge is -2.43. The van der Waals surface area contributed by atoms with Crippen molar-refractivity contribution in [3.05, 3.63) is 34.9 Å². The average molecular weight is 260 g/mol. The maximum atomic E-state index is 10.8. The Bertz CT molecular complexity index is 489. The van der Waals surface area contributed by atoms with Crippen molar-refractivity contribution in [3.63, 3.8) is 0 Å². The number of fused-ring (bicyclic) bond motifs is 1. The van der Waals surface area contributed by atoms with Gasteiger partial charge in [0.1, 0.15) is 0 Å². The van der Waals surface area contributed by atoms with Crippen molar-refractivity contribution in [2.24, 2.45) is 0 Å². The van der Waals surface area contributed by atoms with E-state index in [9.17, 15) is 4.79 Å². The van der Waals surface area contributed by atoms with Crippen LogP contribution in [0.2, 0.25) is 0 Å². The molecule has 1 aliphatic carbocycles. The van der Waals surface area contributed by atoms with Gasteiger partial charge in [0.25, 0.3) is 0 Å². The first-order chi connectivity index (χ1) is 9.20. The third-order valence-electron chi connectivity index (χ3n) is 4.50. The number of aryl methyl sites for hydroxylation is 2. The molecule has 1 atom stereocenters. The van der Waals surface area contributed by atoms with E-state index < -0.39 is 5.97 Å². The summed E-state index contributed by atoms with van der Waals surface area (Å²) >= 11 is 0. The summed E-state index contributed by atoms with van der Waals surface area (Å²) in [5.41, 5.74) is 3.75. The monoisotopic (exact) mass is 260 g/mol. The molecule has 3 nitrogen and oxygen atoms in total. The molecule has 1 aliphatic heterocycles. The van der Waals surface area contributed by atoms with Gasteiger partial charge in [-0.05, 0) is 48.8 Å². The number of hydrogen-bond donors (Lipinski definition) is 1. The third-order valence-corrected chi connectivity index (χ3v) is 4.50. The standard InChI is InChI=1S/C16H20O3/c17-15(18)7-8-16(9-10-19-16)14-6-5-12-3-1-2-4-13(12)11-14/h5-6,11H,1-4,7-10H2,(H,17,18). The lowest BCUT2D eigenvalue weighted by atomic mass is 9.79. The fourth-order valence-electron chi connectivity index (χ4n) is 3.24. The number of ether oxygens (including phenoxy) is 1. The number of aliphatic carboxylic acids is 1. The van der Waals surface area contributed by atoms with Gasteiger partial charge >= 0.3 is 5.97 Å². The minimum absolute atomic E-state index is 0.178. The lowest BCUT2D eigenvalue weighted by Crippen LogP contribution is -2.41. The zero-order chi connectivity index (χ0) is 13.3. The van der Waals surface area contributed by atoms with Gasteiger partial charge in [0.05, 0.1) is 12.2 Å². The second-order valence-electron chi connectivity index (χ2n) is 5.68. The minimum atomic E-state index is -0.743. The summed E-state index contributed by atoms with van der Waals surface area (Å²) in [6.45, 7) is 0.747. The Morgan fingerprint density at radius 2 is 2.00 bits per heavy atom. The Morgan fingerprint density at radius 3 is 2.63 bits per heavy atom. The molecule has 102 valence electrons. The highest BCUT2D eigenvalue weighted by atomic mass is 16.5. The molecular weight excluding hydrogens is 240 g/mol. The van der Waals surface area contributed by atoms with Crippen LogP contribution in [0.4, 0.5) is 0 Å². The molecule has 1 heterocycles. The molecule has 0 saturated carbocycles. The van der Waals surface area contributed by atoms with E-state index in [0.29, 0.717) is 6.42 Å². The Labute approximate surface area is 113 Å². The fourth-order valence-corrected chi connectivity index (χ4v) is 3.24. The minimum Gasteiger partial charge on any atom is -0.481 e. The molecule has 0 radical (unpaired) electrons. The summed E-state index contributed by atoms with van der Waals surface area (Å²) in [6, 6.07) is 6.62. The van der Waals surface area contributed by atoms with Crippen LogP contribution in [0.3, 0.4) is 0 Å². The summed E-state index contributed by atoms with van der Waals surface area (Å²) < 4.78 is 5.78. The molecule has 1 unspecified atom stereocenters. The van der Waals surface area contributed by atoms with E-state index >= 15 is 0 Å². The number of hydrogen-bond acceptors (Lipinski definition) is 2. The highest BCUT2D eigenvalue weighted by Gasteiger charge is 2.40. The van der Waals surface area contributed by atoms with Gasteiger partial charge in [-0.25, -0.2) is 0 Å². The van der Waals surface area contributed by atoms with Crippen LogP contribution in [0.25, 0.3) is 0 Å². The highest BCUT2D eigenvalue weighted by molar-refractivity contribution is 5.66. The SMILES string of the molecule is O=C(O)CCC1(c2ccc3c(c2)CCCC3)CCO1. The van der Waals surface area contributed by atoms with Crippen molar-refractivity contribution in [2.45, 2.75) is 50.5 Å². The summed E-state index contributed by atoms with van der Waals surface area (Å²) in [6.07, 6.45) is 6.58. The van der Waals surface area contributed by atoms with Gasteiger partial charge in [-0.3, -0.25) is 4.79 Å². The second kappa shape index (κ2) is 4.97. The van der Waals surface area contributed by atoms with Crippen LogP contribution in [-0.2, 0) is 28.0 Å². The van der Waals surface area contributed by atoms with Crippen LogP contribution < -0.4 is 0 Å². The highest BCUT2D eigenvalue weighted by Crippen LogP contribution is 2.42. The summed E-state index contributed by atoms with van der Waals surface area (Å²) in [4.78, 5) is 10.8. The first-order valence-electron chi connectivity index (χ1n) is 7.18. The first kappa shape index (κ1) is 12.7. The quantitative estimate of drug-likeness (QED) is 0.905. The molecule has 0 aromatic heterocycles. The maximum Gasteiger partial charge on any atom is 0.303 e. The van der Waals surface area contributed by atoms with Crippen LogP contribution in [0.15, 0.2) is 18.2 Å². The maximum absolute atomic E-state index is 10.8. The molecule has 3 rings (SSSR count). The van der Waals surface area contributed by atoms with E-state index in [2.05, 4.69) is 18.2 Å². The average Bonchev–Trinajstić information content (AvgIpc) is 2.37. The number of rotatable bonds is 4. The molecule has 1 N–H and O–H groups in total. The van der Waals surface area contributed by atoms with Gasteiger partial charge in [0, 0.05) is 12.8 Å². The van der Waals surface area contributed by atoms with Crippen LogP contribution >= 0.6 is 0 Å². The molecular formula is C16H20O3. The van der Waals surface area contributed by atoms with Gasteiger partial charge in [-0.1, -0.05) is 18.2 Å². The summed E-state index contributed by atoms with van der Waals surface area (Å²) in [5, 5.41) is 8.88. The van der Waals surface area contributed by atoms with Crippen molar-refractivity contribution in [2.75, 3.05) is 6.61 Å². The lowest BCUT2D eigenvalue weighted by molar-refractivity contribution is -0.165. The van der Waals surface area contributed by atoms with Gasteiger partial charge in [-0.15, -0.1) is 0 Å². The van der Waals surface area contributed by atoms with Gasteiger partial charge in [-0.2, -0.15) is 0 Å². The largest absolute Gasteiger partial charge is 0.481 e. The van der Waals surface area contributed by atoms with E-state index in [-0.39, 0.29) is 12.0 Å². The summed E-state index contributed by atoms with van der Waals surface area (Å²) in [7, 11) is 0. The van der Waals surface area contributed by atoms with Crippen molar-refractivity contribution in [3.8, 4) is 0 Å². The molecule has 0 spiro atoms. The number of carboxylic acids is 1. The van der Waals surface area contributed by atoms with Gasteiger partial charge in [0.2, 0.25) is 0 Å². The first-order valence-corrected chi connectivity index (χ1v) is 7.18. The number of carbonyl (C=O) groups is 1. The zero-order valence-corrected chi connectivity index (χ0v) is 11.2. The van der Waals surface area contributed by atoms with E-state index in [0.717, 1.165) is 19.4 Å². The molecule has 2 aliphatic rings. The predicted octanol–water partition coefficient (Wildman–Crippen LogP) is 3.05. The molecule has 0 amide bonds. The Balaban J connectivity index is 1.85. The summed E-state index contributed by atoms with van der Waals surface area (Å²) in [5.74, 6) is -0.743. The van der Waals surface area contributed by atoms with Crippen LogP contribution in [0, 0.1) is 0 Å². The smallest absolute Gasteiger partial charge is 0.303 e. The number of carboxylic acid groups (broad SMARTS) is 1.